The van der Waals surface area contributed by atoms with Crippen molar-refractivity contribution in [1.82, 2.24) is 10.6 Å². The van der Waals surface area contributed by atoms with Crippen LogP contribution in [0.4, 0.5) is 13.2 Å². The van der Waals surface area contributed by atoms with Crippen molar-refractivity contribution in [3.05, 3.63) is 71.0 Å². The Labute approximate surface area is 158 Å². The molecule has 0 unspecified atom stereocenters. The molecule has 0 aliphatic heterocycles. The maximum atomic E-state index is 13.7. The smallest absolute Gasteiger partial charge is 0.325 e. The van der Waals surface area contributed by atoms with Gasteiger partial charge in [0.2, 0.25) is 0 Å². The van der Waals surface area contributed by atoms with Gasteiger partial charge in [-0.25, -0.2) is 13.2 Å². The van der Waals surface area contributed by atoms with Crippen LogP contribution in [0.1, 0.15) is 28.9 Å². The van der Waals surface area contributed by atoms with Gasteiger partial charge in [0.25, 0.3) is 11.8 Å². The second-order valence-corrected chi connectivity index (χ2v) is 5.81. The molecule has 6 nitrogen and oxygen atoms in total. The lowest BCUT2D eigenvalue weighted by Crippen LogP contribution is -2.35. The molecule has 2 rings (SSSR count). The van der Waals surface area contributed by atoms with Crippen LogP contribution in [0.25, 0.3) is 0 Å². The molecule has 0 bridgehead atoms. The molecule has 0 saturated carbocycles. The fourth-order valence-corrected chi connectivity index (χ4v) is 2.29. The van der Waals surface area contributed by atoms with E-state index in [-0.39, 0.29) is 11.1 Å². The number of nitrogens with one attached hydrogen (secondary N) is 2. The topological polar surface area (TPSA) is 84.5 Å². The van der Waals surface area contributed by atoms with Crippen molar-refractivity contribution in [3.63, 3.8) is 0 Å². The average molecular weight is 394 g/mol. The fraction of sp³-hybridized carbons (Fsp3) is 0.211. The predicted octanol–water partition coefficient (Wildman–Crippen LogP) is 2.25. The summed E-state index contributed by atoms with van der Waals surface area (Å²) in [6.45, 7) is 0.307. The second kappa shape index (κ2) is 9.54. The quantitative estimate of drug-likeness (QED) is 0.706. The van der Waals surface area contributed by atoms with E-state index in [0.717, 1.165) is 12.1 Å². The van der Waals surface area contributed by atoms with E-state index in [2.05, 4.69) is 10.6 Å². The summed E-state index contributed by atoms with van der Waals surface area (Å²) in [6.07, 6.45) is 0. The maximum Gasteiger partial charge on any atom is 0.325 e. The lowest BCUT2D eigenvalue weighted by atomic mass is 10.1. The Kier molecular flexibility index (Phi) is 7.14. The molecule has 9 heteroatoms. The lowest BCUT2D eigenvalue weighted by molar-refractivity contribution is -0.147. The number of rotatable bonds is 7. The van der Waals surface area contributed by atoms with Crippen LogP contribution in [0.3, 0.4) is 0 Å². The van der Waals surface area contributed by atoms with Crippen molar-refractivity contribution < 1.29 is 32.3 Å². The molecule has 2 N–H and O–H groups in total. The Morgan fingerprint density at radius 2 is 1.75 bits per heavy atom. The number of hydrogen-bond acceptors (Lipinski definition) is 4. The summed E-state index contributed by atoms with van der Waals surface area (Å²) >= 11 is 0. The minimum atomic E-state index is -0.888. The maximum absolute atomic E-state index is 13.7. The van der Waals surface area contributed by atoms with Gasteiger partial charge in [-0.05, 0) is 31.2 Å². The highest BCUT2D eigenvalue weighted by Crippen LogP contribution is 2.17. The Morgan fingerprint density at radius 3 is 2.43 bits per heavy atom. The molecule has 1 atom stereocenters. The van der Waals surface area contributed by atoms with Crippen LogP contribution in [0.15, 0.2) is 42.5 Å². The van der Waals surface area contributed by atoms with Crippen molar-refractivity contribution in [1.29, 1.82) is 0 Å². The van der Waals surface area contributed by atoms with Gasteiger partial charge in [-0.15, -0.1) is 0 Å². The van der Waals surface area contributed by atoms with Crippen LogP contribution in [0.2, 0.25) is 0 Å². The third kappa shape index (κ3) is 6.11. The molecule has 0 aromatic heterocycles. The summed E-state index contributed by atoms with van der Waals surface area (Å²) < 4.78 is 44.3. The molecule has 148 valence electrons. The van der Waals surface area contributed by atoms with Crippen molar-refractivity contribution in [2.45, 2.75) is 13.0 Å². The number of halogens is 3. The van der Waals surface area contributed by atoms with Gasteiger partial charge in [-0.1, -0.05) is 12.1 Å². The first kappa shape index (κ1) is 20.9. The fourth-order valence-electron chi connectivity index (χ4n) is 2.29. The zero-order valence-electron chi connectivity index (χ0n) is 14.8. The van der Waals surface area contributed by atoms with E-state index in [9.17, 15) is 27.6 Å². The molecule has 2 aromatic carbocycles. The van der Waals surface area contributed by atoms with Gasteiger partial charge in [0, 0.05) is 17.2 Å². The number of ether oxygens (including phenoxy) is 1. The Hall–Kier alpha value is -3.36. The molecule has 2 amide bonds. The molecular formula is C19H17F3N2O4. The SMILES string of the molecule is C[C@@H](NC(=O)COC(=O)CNC(=O)c1cccc(F)c1)c1ccc(F)cc1F. The van der Waals surface area contributed by atoms with Crippen molar-refractivity contribution in [3.8, 4) is 0 Å². The molecule has 0 aliphatic carbocycles. The highest BCUT2D eigenvalue weighted by Gasteiger charge is 2.16. The summed E-state index contributed by atoms with van der Waals surface area (Å²) in [6, 6.07) is 7.06. The first-order chi connectivity index (χ1) is 13.3. The lowest BCUT2D eigenvalue weighted by Gasteiger charge is -2.15. The van der Waals surface area contributed by atoms with Crippen molar-refractivity contribution in [2.24, 2.45) is 0 Å². The monoisotopic (exact) mass is 394 g/mol. The molecule has 0 fully saturated rings. The van der Waals surface area contributed by atoms with Gasteiger partial charge in [0.15, 0.2) is 6.61 Å². The number of carbonyl (C=O) groups excluding carboxylic acids is 3. The first-order valence-corrected chi connectivity index (χ1v) is 8.20. The Bertz CT molecular complexity index is 889. The van der Waals surface area contributed by atoms with E-state index in [1.54, 1.807) is 0 Å². The standard InChI is InChI=1S/C19H17F3N2O4/c1-11(15-6-5-14(21)8-16(15)22)24-17(25)10-28-18(26)9-23-19(27)12-3-2-4-13(20)7-12/h2-8,11H,9-10H2,1H3,(H,23,27)(H,24,25)/t11-/m1/s1. The van der Waals surface area contributed by atoms with Crippen LogP contribution < -0.4 is 10.6 Å². The van der Waals surface area contributed by atoms with Crippen LogP contribution in [-0.2, 0) is 14.3 Å². The van der Waals surface area contributed by atoms with E-state index in [0.29, 0.717) is 6.07 Å². The van der Waals surface area contributed by atoms with E-state index >= 15 is 0 Å². The molecular weight excluding hydrogens is 377 g/mol. The highest BCUT2D eigenvalue weighted by molar-refractivity contribution is 5.96. The van der Waals surface area contributed by atoms with Gasteiger partial charge in [0.1, 0.15) is 24.0 Å². The van der Waals surface area contributed by atoms with E-state index in [1.165, 1.54) is 31.2 Å². The molecule has 28 heavy (non-hydrogen) atoms. The molecule has 0 aliphatic rings. The molecule has 0 radical (unpaired) electrons. The number of carbonyl (C=O) groups is 3. The second-order valence-electron chi connectivity index (χ2n) is 5.81. The third-order valence-corrected chi connectivity index (χ3v) is 3.65. The largest absolute Gasteiger partial charge is 0.454 e. The molecule has 0 saturated heterocycles. The first-order valence-electron chi connectivity index (χ1n) is 8.20. The van der Waals surface area contributed by atoms with Gasteiger partial charge < -0.3 is 15.4 Å². The zero-order valence-corrected chi connectivity index (χ0v) is 14.8. The normalized spacial score (nSPS) is 11.4. The van der Waals surface area contributed by atoms with Crippen LogP contribution in [-0.4, -0.2) is 30.9 Å². The summed E-state index contributed by atoms with van der Waals surface area (Å²) in [5.74, 6) is -4.43. The molecule has 2 aromatic rings. The minimum absolute atomic E-state index is 0.0284. The van der Waals surface area contributed by atoms with E-state index < -0.39 is 54.4 Å². The number of hydrogen-bond donors (Lipinski definition) is 2. The molecule has 0 heterocycles. The third-order valence-electron chi connectivity index (χ3n) is 3.65. The molecule has 0 spiro atoms. The summed E-state index contributed by atoms with van der Waals surface area (Å²) in [5, 5.41) is 4.63. The summed E-state index contributed by atoms with van der Waals surface area (Å²) in [5.41, 5.74) is 0.101. The Morgan fingerprint density at radius 1 is 1.04 bits per heavy atom. The van der Waals surface area contributed by atoms with Crippen LogP contribution in [0, 0.1) is 17.5 Å². The zero-order chi connectivity index (χ0) is 20.7. The minimum Gasteiger partial charge on any atom is -0.454 e. The van der Waals surface area contributed by atoms with Crippen molar-refractivity contribution >= 4 is 17.8 Å². The summed E-state index contributed by atoms with van der Waals surface area (Å²) in [4.78, 5) is 35.2. The van der Waals surface area contributed by atoms with Gasteiger partial charge in [-0.2, -0.15) is 0 Å². The summed E-state index contributed by atoms with van der Waals surface area (Å²) in [7, 11) is 0. The van der Waals surface area contributed by atoms with Crippen molar-refractivity contribution in [2.75, 3.05) is 13.2 Å². The number of benzene rings is 2. The Balaban J connectivity index is 1.76. The van der Waals surface area contributed by atoms with E-state index in [4.69, 9.17) is 4.74 Å². The van der Waals surface area contributed by atoms with Gasteiger partial charge in [0.05, 0.1) is 6.04 Å². The van der Waals surface area contributed by atoms with E-state index in [1.807, 2.05) is 0 Å². The average Bonchev–Trinajstić information content (AvgIpc) is 2.64. The van der Waals surface area contributed by atoms with Crippen LogP contribution >= 0.6 is 0 Å². The number of amides is 2. The van der Waals surface area contributed by atoms with Gasteiger partial charge in [-0.3, -0.25) is 14.4 Å². The highest BCUT2D eigenvalue weighted by atomic mass is 19.1. The predicted molar refractivity (Wildman–Crippen MR) is 92.6 cm³/mol. The van der Waals surface area contributed by atoms with Crippen LogP contribution in [0.5, 0.6) is 0 Å². The number of esters is 1. The van der Waals surface area contributed by atoms with Gasteiger partial charge >= 0.3 is 5.97 Å².